The Hall–Kier alpha value is -4.96. The third-order valence-electron chi connectivity index (χ3n) is 10.9. The molecule has 4 aromatic carbocycles. The smallest absolute Gasteiger partial charge is 0.141 e. The molecule has 2 aliphatic rings. The molecule has 0 saturated carbocycles. The quantitative estimate of drug-likeness (QED) is 0.219. The number of aromatic nitrogens is 2. The fourth-order valence-corrected chi connectivity index (χ4v) is 7.86. The van der Waals surface area contributed by atoms with Gasteiger partial charge in [-0.3, -0.25) is 4.90 Å². The van der Waals surface area contributed by atoms with Crippen LogP contribution in [-0.4, -0.2) is 15.1 Å². The van der Waals surface area contributed by atoms with Crippen molar-refractivity contribution in [3.63, 3.8) is 0 Å². The molecule has 4 nitrogen and oxygen atoms in total. The van der Waals surface area contributed by atoms with Crippen LogP contribution < -0.4 is 4.90 Å². The molecule has 3 heterocycles. The molecule has 0 atom stereocenters. The molecular formula is C41H37N3O. The zero-order valence-electron chi connectivity index (χ0n) is 26.7. The minimum Gasteiger partial charge on any atom is -0.506 e. The monoisotopic (exact) mass is 587 g/mol. The average Bonchev–Trinajstić information content (AvgIpc) is 3.04. The number of rotatable bonds is 2. The normalized spacial score (nSPS) is 16.8. The summed E-state index contributed by atoms with van der Waals surface area (Å²) in [6.07, 6.45) is 1.85. The highest BCUT2D eigenvalue weighted by Crippen LogP contribution is 2.59. The predicted octanol–water partition coefficient (Wildman–Crippen LogP) is 10.3. The molecule has 0 saturated heterocycles. The maximum Gasteiger partial charge on any atom is 0.141 e. The fourth-order valence-electron chi connectivity index (χ4n) is 7.86. The Morgan fingerprint density at radius 3 is 2.13 bits per heavy atom. The van der Waals surface area contributed by atoms with E-state index in [9.17, 15) is 5.11 Å². The van der Waals surface area contributed by atoms with E-state index < -0.39 is 0 Å². The molecule has 0 radical (unpaired) electrons. The minimum atomic E-state index is -0.277. The van der Waals surface area contributed by atoms with Gasteiger partial charge in [-0.05, 0) is 69.1 Å². The zero-order chi connectivity index (χ0) is 31.3. The van der Waals surface area contributed by atoms with Gasteiger partial charge in [0, 0.05) is 28.0 Å². The van der Waals surface area contributed by atoms with E-state index in [4.69, 9.17) is 9.97 Å². The number of para-hydroxylation sites is 2. The number of phenolic OH excluding ortho intramolecular Hbond substituents is 1. The van der Waals surface area contributed by atoms with Gasteiger partial charge in [-0.1, -0.05) is 114 Å². The number of phenols is 1. The summed E-state index contributed by atoms with van der Waals surface area (Å²) in [6, 6.07) is 36.0. The Kier molecular flexibility index (Phi) is 5.68. The Morgan fingerprint density at radius 1 is 0.644 bits per heavy atom. The molecule has 0 bridgehead atoms. The van der Waals surface area contributed by atoms with Gasteiger partial charge in [-0.15, -0.1) is 0 Å². The van der Waals surface area contributed by atoms with E-state index in [-0.39, 0.29) is 22.0 Å². The molecule has 1 N–H and O–H groups in total. The number of anilines is 3. The first-order valence-corrected chi connectivity index (χ1v) is 15.7. The SMILES string of the molecule is CC1(C)c2ccccc2N(c2ccccn2)c2cc(-c3nc4c(O)cccc4c4c3C(C)(C)C(C)(C)c3ccccc3-4)ccc21. The standard InChI is InChI=1S/C41H37N3O/c1-39(2)29-17-9-10-18-31(29)44(34-20-11-12-23-42-34)32-24-25(21-22-30(32)39)37-36-35(27-15-13-19-33(45)38(27)43-37)26-14-7-8-16-28(26)40(3,4)41(36,5)6/h7-24,45H,1-6H3. The first kappa shape index (κ1) is 27.6. The van der Waals surface area contributed by atoms with Crippen molar-refractivity contribution in [1.29, 1.82) is 0 Å². The van der Waals surface area contributed by atoms with Crippen molar-refractivity contribution in [3.05, 3.63) is 132 Å². The largest absolute Gasteiger partial charge is 0.506 e. The van der Waals surface area contributed by atoms with E-state index in [0.717, 1.165) is 39.4 Å². The third kappa shape index (κ3) is 3.66. The Balaban J connectivity index is 1.48. The van der Waals surface area contributed by atoms with Crippen LogP contribution in [0, 0.1) is 0 Å². The van der Waals surface area contributed by atoms with Crippen molar-refractivity contribution in [2.24, 2.45) is 0 Å². The second-order valence-corrected chi connectivity index (χ2v) is 14.1. The van der Waals surface area contributed by atoms with Crippen LogP contribution in [0.3, 0.4) is 0 Å². The highest BCUT2D eigenvalue weighted by atomic mass is 16.3. The molecule has 1 aliphatic carbocycles. The van der Waals surface area contributed by atoms with Crippen molar-refractivity contribution >= 4 is 28.1 Å². The number of benzene rings is 4. The zero-order valence-corrected chi connectivity index (χ0v) is 26.7. The Bertz CT molecular complexity index is 2160. The number of pyridine rings is 2. The summed E-state index contributed by atoms with van der Waals surface area (Å²) in [6.45, 7) is 14.0. The van der Waals surface area contributed by atoms with Gasteiger partial charge in [0.2, 0.25) is 0 Å². The van der Waals surface area contributed by atoms with Crippen molar-refractivity contribution in [2.75, 3.05) is 4.90 Å². The van der Waals surface area contributed by atoms with Crippen LogP contribution in [0.15, 0.2) is 109 Å². The molecule has 1 aliphatic heterocycles. The molecule has 0 fully saturated rings. The van der Waals surface area contributed by atoms with Gasteiger partial charge in [0.1, 0.15) is 17.1 Å². The lowest BCUT2D eigenvalue weighted by Gasteiger charge is -2.49. The van der Waals surface area contributed by atoms with Crippen LogP contribution in [0.1, 0.15) is 63.8 Å². The van der Waals surface area contributed by atoms with Gasteiger partial charge in [0.25, 0.3) is 0 Å². The van der Waals surface area contributed by atoms with Crippen LogP contribution in [0.4, 0.5) is 17.2 Å². The van der Waals surface area contributed by atoms with E-state index in [0.29, 0.717) is 5.52 Å². The third-order valence-corrected chi connectivity index (χ3v) is 10.9. The number of fused-ring (bicyclic) bond motifs is 7. The number of hydrogen-bond donors (Lipinski definition) is 1. The molecule has 4 heteroatoms. The first-order chi connectivity index (χ1) is 21.5. The van der Waals surface area contributed by atoms with Crippen LogP contribution in [-0.2, 0) is 16.2 Å². The van der Waals surface area contributed by atoms with Crippen molar-refractivity contribution in [2.45, 2.75) is 57.8 Å². The molecular weight excluding hydrogens is 550 g/mol. The van der Waals surface area contributed by atoms with Crippen LogP contribution in [0.5, 0.6) is 5.75 Å². The summed E-state index contributed by atoms with van der Waals surface area (Å²) in [4.78, 5) is 12.4. The summed E-state index contributed by atoms with van der Waals surface area (Å²) in [5, 5.41) is 12.2. The molecule has 222 valence electrons. The van der Waals surface area contributed by atoms with E-state index in [1.54, 1.807) is 6.07 Å². The first-order valence-electron chi connectivity index (χ1n) is 15.7. The van der Waals surface area contributed by atoms with E-state index >= 15 is 0 Å². The minimum absolute atomic E-state index is 0.174. The van der Waals surface area contributed by atoms with Gasteiger partial charge in [0.05, 0.1) is 17.1 Å². The van der Waals surface area contributed by atoms with E-state index in [1.807, 2.05) is 24.4 Å². The molecule has 2 aromatic heterocycles. The van der Waals surface area contributed by atoms with Gasteiger partial charge in [0.15, 0.2) is 0 Å². The van der Waals surface area contributed by atoms with E-state index in [1.165, 1.54) is 27.8 Å². The summed E-state index contributed by atoms with van der Waals surface area (Å²) < 4.78 is 0. The van der Waals surface area contributed by atoms with Crippen molar-refractivity contribution < 1.29 is 5.11 Å². The maximum atomic E-state index is 11.2. The summed E-state index contributed by atoms with van der Waals surface area (Å²) >= 11 is 0. The fraction of sp³-hybridized carbons (Fsp3) is 0.220. The molecule has 6 aromatic rings. The van der Waals surface area contributed by atoms with Crippen LogP contribution >= 0.6 is 0 Å². The lowest BCUT2D eigenvalue weighted by molar-refractivity contribution is 0.299. The Labute approximate surface area is 265 Å². The number of aromatic hydroxyl groups is 1. The van der Waals surface area contributed by atoms with Crippen LogP contribution in [0.2, 0.25) is 0 Å². The highest BCUT2D eigenvalue weighted by molar-refractivity contribution is 6.04. The molecule has 0 amide bonds. The average molecular weight is 588 g/mol. The molecule has 0 unspecified atom stereocenters. The van der Waals surface area contributed by atoms with Gasteiger partial charge in [-0.25, -0.2) is 9.97 Å². The second kappa shape index (κ2) is 9.28. The summed E-state index contributed by atoms with van der Waals surface area (Å²) in [5.41, 5.74) is 11.5. The van der Waals surface area contributed by atoms with Crippen LogP contribution in [0.25, 0.3) is 33.3 Å². The predicted molar refractivity (Wildman–Crippen MR) is 185 cm³/mol. The molecule has 8 rings (SSSR count). The molecule has 45 heavy (non-hydrogen) atoms. The number of hydrogen-bond acceptors (Lipinski definition) is 4. The van der Waals surface area contributed by atoms with Crippen molar-refractivity contribution in [3.8, 4) is 28.1 Å². The van der Waals surface area contributed by atoms with Gasteiger partial charge in [-0.2, -0.15) is 0 Å². The maximum absolute atomic E-state index is 11.2. The lowest BCUT2D eigenvalue weighted by atomic mass is 9.54. The summed E-state index contributed by atoms with van der Waals surface area (Å²) in [5.74, 6) is 1.07. The lowest BCUT2D eigenvalue weighted by Crippen LogP contribution is -2.44. The number of nitrogens with zero attached hydrogens (tertiary/aromatic N) is 3. The molecule has 0 spiro atoms. The second-order valence-electron chi connectivity index (χ2n) is 14.1. The van der Waals surface area contributed by atoms with Crippen molar-refractivity contribution in [1.82, 2.24) is 9.97 Å². The highest BCUT2D eigenvalue weighted by Gasteiger charge is 2.48. The van der Waals surface area contributed by atoms with E-state index in [2.05, 4.69) is 125 Å². The summed E-state index contributed by atoms with van der Waals surface area (Å²) in [7, 11) is 0. The van der Waals surface area contributed by atoms with Gasteiger partial charge < -0.3 is 5.11 Å². The van der Waals surface area contributed by atoms with Gasteiger partial charge >= 0.3 is 0 Å². The Morgan fingerprint density at radius 2 is 1.36 bits per heavy atom. The topological polar surface area (TPSA) is 49.2 Å².